The van der Waals surface area contributed by atoms with Gasteiger partial charge in [0.15, 0.2) is 11.5 Å². The maximum atomic E-state index is 13.7. The molecule has 3 aromatic rings. The predicted octanol–water partition coefficient (Wildman–Crippen LogP) is 4.83. The number of rotatable bonds is 7. The molecule has 0 aromatic heterocycles. The highest BCUT2D eigenvalue weighted by atomic mass is 35.5. The molecule has 0 saturated heterocycles. The molecule has 3 aromatic carbocycles. The predicted molar refractivity (Wildman–Crippen MR) is 110 cm³/mol. The third-order valence-corrected chi connectivity index (χ3v) is 4.36. The van der Waals surface area contributed by atoms with Crippen molar-refractivity contribution < 1.29 is 18.7 Å². The number of ether oxygens (including phenoxy) is 2. The standard InChI is InChI=1S/C22H18ClFN2O3/c1-28-21-12-15(13-25-26-22(27)17-7-3-4-8-18(17)23)10-11-20(21)29-14-16-6-2-5-9-19(16)24/h2-13H,14H2,1H3,(H,26,27)/b25-13-. The van der Waals surface area contributed by atoms with Crippen LogP contribution < -0.4 is 14.9 Å². The molecule has 0 aliphatic heterocycles. The Bertz CT molecular complexity index is 1040. The topological polar surface area (TPSA) is 59.9 Å². The van der Waals surface area contributed by atoms with Crippen molar-refractivity contribution in [3.05, 3.63) is 94.3 Å². The van der Waals surface area contributed by atoms with Gasteiger partial charge in [-0.3, -0.25) is 4.79 Å². The highest BCUT2D eigenvalue weighted by Gasteiger charge is 2.09. The van der Waals surface area contributed by atoms with E-state index in [0.29, 0.717) is 33.2 Å². The summed E-state index contributed by atoms with van der Waals surface area (Å²) in [5, 5.41) is 4.29. The summed E-state index contributed by atoms with van der Waals surface area (Å²) in [6, 6.07) is 18.2. The Balaban J connectivity index is 1.65. The van der Waals surface area contributed by atoms with Gasteiger partial charge < -0.3 is 9.47 Å². The van der Waals surface area contributed by atoms with Crippen LogP contribution in [-0.4, -0.2) is 19.2 Å². The Morgan fingerprint density at radius 3 is 2.62 bits per heavy atom. The van der Waals surface area contributed by atoms with Gasteiger partial charge in [-0.1, -0.05) is 41.9 Å². The van der Waals surface area contributed by atoms with E-state index in [0.717, 1.165) is 0 Å². The number of carbonyl (C=O) groups excluding carboxylic acids is 1. The van der Waals surface area contributed by atoms with Crippen molar-refractivity contribution in [1.29, 1.82) is 0 Å². The lowest BCUT2D eigenvalue weighted by atomic mass is 10.2. The van der Waals surface area contributed by atoms with Crippen molar-refractivity contribution >= 4 is 23.7 Å². The Morgan fingerprint density at radius 1 is 1.10 bits per heavy atom. The van der Waals surface area contributed by atoms with E-state index >= 15 is 0 Å². The monoisotopic (exact) mass is 412 g/mol. The van der Waals surface area contributed by atoms with Crippen LogP contribution in [-0.2, 0) is 6.61 Å². The molecule has 0 unspecified atom stereocenters. The zero-order chi connectivity index (χ0) is 20.6. The van der Waals surface area contributed by atoms with E-state index in [9.17, 15) is 9.18 Å². The third kappa shape index (κ3) is 5.33. The summed E-state index contributed by atoms with van der Waals surface area (Å²) in [5.41, 5.74) is 3.89. The quantitative estimate of drug-likeness (QED) is 0.446. The molecule has 0 fully saturated rings. The molecule has 7 heteroatoms. The molecule has 0 saturated carbocycles. The van der Waals surface area contributed by atoms with Crippen LogP contribution in [0.15, 0.2) is 71.8 Å². The summed E-state index contributed by atoms with van der Waals surface area (Å²) >= 11 is 5.99. The van der Waals surface area contributed by atoms with Gasteiger partial charge in [-0.25, -0.2) is 9.82 Å². The number of carbonyl (C=O) groups is 1. The van der Waals surface area contributed by atoms with E-state index in [1.165, 1.54) is 19.4 Å². The molecule has 0 spiro atoms. The van der Waals surface area contributed by atoms with Crippen LogP contribution in [0.25, 0.3) is 0 Å². The van der Waals surface area contributed by atoms with E-state index in [-0.39, 0.29) is 12.4 Å². The Morgan fingerprint density at radius 2 is 1.86 bits per heavy atom. The van der Waals surface area contributed by atoms with Crippen LogP contribution in [0.4, 0.5) is 4.39 Å². The van der Waals surface area contributed by atoms with Gasteiger partial charge in [0.1, 0.15) is 12.4 Å². The molecule has 5 nitrogen and oxygen atoms in total. The number of hydrogen-bond acceptors (Lipinski definition) is 4. The summed E-state index contributed by atoms with van der Waals surface area (Å²) < 4.78 is 24.7. The van der Waals surface area contributed by atoms with Crippen molar-refractivity contribution in [3.8, 4) is 11.5 Å². The molecule has 0 bridgehead atoms. The first kappa shape index (κ1) is 20.4. The normalized spacial score (nSPS) is 10.7. The first-order valence-electron chi connectivity index (χ1n) is 8.70. The average molecular weight is 413 g/mol. The number of nitrogens with zero attached hydrogens (tertiary/aromatic N) is 1. The maximum absolute atomic E-state index is 13.7. The summed E-state index contributed by atoms with van der Waals surface area (Å²) in [6.45, 7) is 0.0738. The lowest BCUT2D eigenvalue weighted by Gasteiger charge is -2.11. The summed E-state index contributed by atoms with van der Waals surface area (Å²) in [6.07, 6.45) is 1.47. The molecule has 0 radical (unpaired) electrons. The number of hydrogen-bond donors (Lipinski definition) is 1. The van der Waals surface area contributed by atoms with Gasteiger partial charge in [0.25, 0.3) is 5.91 Å². The second kappa shape index (κ2) is 9.71. The molecule has 0 aliphatic rings. The van der Waals surface area contributed by atoms with Crippen molar-refractivity contribution in [2.75, 3.05) is 7.11 Å². The van der Waals surface area contributed by atoms with E-state index in [1.54, 1.807) is 60.7 Å². The molecular formula is C22H18ClFN2O3. The minimum Gasteiger partial charge on any atom is -0.493 e. The summed E-state index contributed by atoms with van der Waals surface area (Å²) in [7, 11) is 1.51. The van der Waals surface area contributed by atoms with Gasteiger partial charge in [-0.2, -0.15) is 5.10 Å². The van der Waals surface area contributed by atoms with Gasteiger partial charge >= 0.3 is 0 Å². The zero-order valence-corrected chi connectivity index (χ0v) is 16.3. The summed E-state index contributed by atoms with van der Waals surface area (Å²) in [5.74, 6) is 0.184. The molecule has 1 amide bonds. The number of benzene rings is 3. The molecule has 0 heterocycles. The van der Waals surface area contributed by atoms with Gasteiger partial charge in [0, 0.05) is 5.56 Å². The zero-order valence-electron chi connectivity index (χ0n) is 15.6. The first-order chi connectivity index (χ1) is 14.1. The Labute approximate surface area is 172 Å². The van der Waals surface area contributed by atoms with E-state index < -0.39 is 5.91 Å². The van der Waals surface area contributed by atoms with Crippen molar-refractivity contribution in [2.45, 2.75) is 6.61 Å². The average Bonchev–Trinajstić information content (AvgIpc) is 2.74. The number of amides is 1. The van der Waals surface area contributed by atoms with Crippen LogP contribution in [0.5, 0.6) is 11.5 Å². The van der Waals surface area contributed by atoms with Gasteiger partial charge in [-0.05, 0) is 42.0 Å². The highest BCUT2D eigenvalue weighted by molar-refractivity contribution is 6.33. The largest absolute Gasteiger partial charge is 0.493 e. The number of halogens is 2. The number of hydrazone groups is 1. The van der Waals surface area contributed by atoms with E-state index in [1.807, 2.05) is 0 Å². The van der Waals surface area contributed by atoms with Crippen LogP contribution in [0.1, 0.15) is 21.5 Å². The number of methoxy groups -OCH3 is 1. The fourth-order valence-corrected chi connectivity index (χ4v) is 2.75. The fraction of sp³-hybridized carbons (Fsp3) is 0.0909. The highest BCUT2D eigenvalue weighted by Crippen LogP contribution is 2.28. The SMILES string of the molecule is COc1cc(/C=N\NC(=O)c2ccccc2Cl)ccc1OCc1ccccc1F. The lowest BCUT2D eigenvalue weighted by molar-refractivity contribution is 0.0955. The fourth-order valence-electron chi connectivity index (χ4n) is 2.53. The molecule has 29 heavy (non-hydrogen) atoms. The van der Waals surface area contributed by atoms with Crippen molar-refractivity contribution in [1.82, 2.24) is 5.43 Å². The second-order valence-electron chi connectivity index (χ2n) is 5.97. The lowest BCUT2D eigenvalue weighted by Crippen LogP contribution is -2.17. The maximum Gasteiger partial charge on any atom is 0.272 e. The molecule has 3 rings (SSSR count). The molecule has 0 atom stereocenters. The molecule has 0 aliphatic carbocycles. The second-order valence-corrected chi connectivity index (χ2v) is 6.38. The van der Waals surface area contributed by atoms with Crippen molar-refractivity contribution in [2.24, 2.45) is 5.10 Å². The Kier molecular flexibility index (Phi) is 6.81. The van der Waals surface area contributed by atoms with Crippen LogP contribution in [0.2, 0.25) is 5.02 Å². The smallest absolute Gasteiger partial charge is 0.272 e. The van der Waals surface area contributed by atoms with Gasteiger partial charge in [-0.15, -0.1) is 0 Å². The van der Waals surface area contributed by atoms with Crippen LogP contribution >= 0.6 is 11.6 Å². The minimum atomic E-state index is -0.413. The van der Waals surface area contributed by atoms with E-state index in [2.05, 4.69) is 10.5 Å². The van der Waals surface area contributed by atoms with Crippen LogP contribution in [0.3, 0.4) is 0 Å². The Hall–Kier alpha value is -3.38. The molecular weight excluding hydrogens is 395 g/mol. The third-order valence-electron chi connectivity index (χ3n) is 4.03. The van der Waals surface area contributed by atoms with Gasteiger partial charge in [0.2, 0.25) is 0 Å². The van der Waals surface area contributed by atoms with E-state index in [4.69, 9.17) is 21.1 Å². The minimum absolute atomic E-state index is 0.0738. The number of nitrogens with one attached hydrogen (secondary N) is 1. The summed E-state index contributed by atoms with van der Waals surface area (Å²) in [4.78, 5) is 12.1. The van der Waals surface area contributed by atoms with Crippen LogP contribution in [0, 0.1) is 5.82 Å². The molecule has 1 N–H and O–H groups in total. The molecule has 148 valence electrons. The first-order valence-corrected chi connectivity index (χ1v) is 9.08. The van der Waals surface area contributed by atoms with Crippen molar-refractivity contribution in [3.63, 3.8) is 0 Å². The van der Waals surface area contributed by atoms with Gasteiger partial charge in [0.05, 0.1) is 23.9 Å².